The molecule has 15 heavy (non-hydrogen) atoms. The Morgan fingerprint density at radius 1 is 1.00 bits per heavy atom. The predicted molar refractivity (Wildman–Crippen MR) is 67.4 cm³/mol. The maximum Gasteiger partial charge on any atom is 0.0175 e. The zero-order chi connectivity index (χ0) is 10.3. The fourth-order valence-electron chi connectivity index (χ4n) is 3.69. The monoisotopic (exact) mass is 271 g/mol. The Hall–Kier alpha value is 0.440. The van der Waals surface area contributed by atoms with Gasteiger partial charge in [0.15, 0.2) is 0 Å². The molecule has 2 unspecified atom stereocenters. The highest BCUT2D eigenvalue weighted by molar-refractivity contribution is 9.09. The van der Waals surface area contributed by atoms with Gasteiger partial charge in [-0.05, 0) is 44.6 Å². The van der Waals surface area contributed by atoms with Crippen LogP contribution >= 0.6 is 15.9 Å². The fourth-order valence-corrected chi connectivity index (χ4v) is 4.55. The molecule has 3 rings (SSSR count). The number of hydrogen-bond acceptors (Lipinski definition) is 1. The lowest BCUT2D eigenvalue weighted by atomic mass is 9.82. The average Bonchev–Trinajstić information content (AvgIpc) is 2.39. The minimum Gasteiger partial charge on any atom is -0.297 e. The number of alkyl halides is 1. The van der Waals surface area contributed by atoms with Crippen LogP contribution in [-0.4, -0.2) is 28.4 Å². The first-order valence-electron chi connectivity index (χ1n) is 6.73. The second-order valence-electron chi connectivity index (χ2n) is 5.78. The van der Waals surface area contributed by atoms with E-state index in [1.807, 2.05) is 0 Å². The second kappa shape index (κ2) is 4.37. The summed E-state index contributed by atoms with van der Waals surface area (Å²) in [6, 6.07) is 1.85. The van der Waals surface area contributed by atoms with Gasteiger partial charge in [-0.15, -0.1) is 0 Å². The quantitative estimate of drug-likeness (QED) is 0.710. The molecule has 3 aliphatic rings. The zero-order valence-electron chi connectivity index (χ0n) is 9.50. The van der Waals surface area contributed by atoms with Crippen molar-refractivity contribution in [2.75, 3.05) is 6.54 Å². The maximum absolute atomic E-state index is 3.81. The first-order valence-corrected chi connectivity index (χ1v) is 7.64. The van der Waals surface area contributed by atoms with Gasteiger partial charge in [0.1, 0.15) is 0 Å². The smallest absolute Gasteiger partial charge is 0.0175 e. The molecule has 1 aliphatic carbocycles. The molecule has 3 fully saturated rings. The van der Waals surface area contributed by atoms with Crippen molar-refractivity contribution in [1.29, 1.82) is 0 Å². The molecule has 2 bridgehead atoms. The molecule has 0 aromatic carbocycles. The molecule has 0 spiro atoms. The molecule has 86 valence electrons. The summed E-state index contributed by atoms with van der Waals surface area (Å²) in [6.45, 7) is 1.40. The molecule has 2 atom stereocenters. The van der Waals surface area contributed by atoms with E-state index in [1.165, 1.54) is 57.9 Å². The minimum absolute atomic E-state index is 0.815. The summed E-state index contributed by atoms with van der Waals surface area (Å²) in [5.74, 6) is 1.09. The van der Waals surface area contributed by atoms with Crippen LogP contribution in [0.4, 0.5) is 0 Å². The minimum atomic E-state index is 0.815. The molecule has 2 aliphatic heterocycles. The molecule has 0 N–H and O–H groups in total. The van der Waals surface area contributed by atoms with E-state index in [9.17, 15) is 0 Å². The van der Waals surface area contributed by atoms with Crippen molar-refractivity contribution < 1.29 is 0 Å². The van der Waals surface area contributed by atoms with E-state index >= 15 is 0 Å². The Labute approximate surface area is 102 Å². The van der Waals surface area contributed by atoms with Gasteiger partial charge < -0.3 is 0 Å². The van der Waals surface area contributed by atoms with Gasteiger partial charge >= 0.3 is 0 Å². The maximum atomic E-state index is 3.81. The normalized spacial score (nSPS) is 41.8. The van der Waals surface area contributed by atoms with Crippen LogP contribution in [-0.2, 0) is 0 Å². The molecule has 2 heterocycles. The average molecular weight is 272 g/mol. The van der Waals surface area contributed by atoms with Crippen LogP contribution in [0.3, 0.4) is 0 Å². The van der Waals surface area contributed by atoms with E-state index in [0.717, 1.165) is 22.8 Å². The SMILES string of the molecule is BrC1CC2CCC(C1)N2CCC1CCC1. The summed E-state index contributed by atoms with van der Waals surface area (Å²) < 4.78 is 0. The van der Waals surface area contributed by atoms with Crippen molar-refractivity contribution in [1.82, 2.24) is 4.90 Å². The summed E-state index contributed by atoms with van der Waals surface area (Å²) in [5, 5.41) is 0. The molecule has 2 heteroatoms. The third-order valence-electron chi connectivity index (χ3n) is 4.85. The van der Waals surface area contributed by atoms with Gasteiger partial charge in [-0.1, -0.05) is 35.2 Å². The van der Waals surface area contributed by atoms with Crippen LogP contribution in [0.15, 0.2) is 0 Å². The van der Waals surface area contributed by atoms with Crippen molar-refractivity contribution in [3.63, 3.8) is 0 Å². The third-order valence-corrected chi connectivity index (χ3v) is 5.59. The van der Waals surface area contributed by atoms with Crippen molar-refractivity contribution in [2.24, 2.45) is 5.92 Å². The van der Waals surface area contributed by atoms with Gasteiger partial charge in [-0.2, -0.15) is 0 Å². The van der Waals surface area contributed by atoms with Crippen molar-refractivity contribution in [3.05, 3.63) is 0 Å². The number of piperidine rings is 1. The standard InChI is InChI=1S/C13H22BrN/c14-11-8-12-4-5-13(9-11)15(12)7-6-10-2-1-3-10/h10-13H,1-9H2. The van der Waals surface area contributed by atoms with E-state index in [2.05, 4.69) is 20.8 Å². The van der Waals surface area contributed by atoms with Gasteiger partial charge in [0.2, 0.25) is 0 Å². The van der Waals surface area contributed by atoms with Crippen molar-refractivity contribution in [2.45, 2.75) is 68.3 Å². The number of hydrogen-bond donors (Lipinski definition) is 0. The van der Waals surface area contributed by atoms with E-state index in [0.29, 0.717) is 0 Å². The number of halogens is 1. The number of nitrogens with zero attached hydrogens (tertiary/aromatic N) is 1. The molecule has 1 saturated carbocycles. The molecule has 0 aromatic rings. The Bertz CT molecular complexity index is 213. The lowest BCUT2D eigenvalue weighted by Crippen LogP contribution is -2.44. The highest BCUT2D eigenvalue weighted by Gasteiger charge is 2.39. The van der Waals surface area contributed by atoms with Gasteiger partial charge in [0.05, 0.1) is 0 Å². The molecule has 1 nitrogen and oxygen atoms in total. The Morgan fingerprint density at radius 3 is 2.20 bits per heavy atom. The fraction of sp³-hybridized carbons (Fsp3) is 1.00. The van der Waals surface area contributed by atoms with Crippen LogP contribution in [0, 0.1) is 5.92 Å². The van der Waals surface area contributed by atoms with Gasteiger partial charge in [0, 0.05) is 16.9 Å². The first kappa shape index (κ1) is 10.6. The van der Waals surface area contributed by atoms with Crippen molar-refractivity contribution in [3.8, 4) is 0 Å². The van der Waals surface area contributed by atoms with Gasteiger partial charge in [-0.3, -0.25) is 4.90 Å². The van der Waals surface area contributed by atoms with Crippen LogP contribution in [0.5, 0.6) is 0 Å². The highest BCUT2D eigenvalue weighted by atomic mass is 79.9. The zero-order valence-corrected chi connectivity index (χ0v) is 11.1. The van der Waals surface area contributed by atoms with Crippen molar-refractivity contribution >= 4 is 15.9 Å². The second-order valence-corrected chi connectivity index (χ2v) is 7.07. The Kier molecular flexibility index (Phi) is 3.08. The lowest BCUT2D eigenvalue weighted by molar-refractivity contribution is 0.125. The number of fused-ring (bicyclic) bond motifs is 2. The lowest BCUT2D eigenvalue weighted by Gasteiger charge is -2.38. The molecule has 0 amide bonds. The van der Waals surface area contributed by atoms with Crippen LogP contribution in [0.1, 0.15) is 51.4 Å². The topological polar surface area (TPSA) is 3.24 Å². The Morgan fingerprint density at radius 2 is 1.67 bits per heavy atom. The van der Waals surface area contributed by atoms with Crippen LogP contribution in [0.2, 0.25) is 0 Å². The van der Waals surface area contributed by atoms with E-state index < -0.39 is 0 Å². The van der Waals surface area contributed by atoms with Gasteiger partial charge in [-0.25, -0.2) is 0 Å². The summed E-state index contributed by atoms with van der Waals surface area (Å²) >= 11 is 3.81. The van der Waals surface area contributed by atoms with E-state index in [-0.39, 0.29) is 0 Å². The summed E-state index contributed by atoms with van der Waals surface area (Å²) in [4.78, 5) is 3.66. The van der Waals surface area contributed by atoms with Gasteiger partial charge in [0.25, 0.3) is 0 Å². The molecular formula is C13H22BrN. The van der Waals surface area contributed by atoms with Crippen LogP contribution in [0.25, 0.3) is 0 Å². The molecular weight excluding hydrogens is 250 g/mol. The first-order chi connectivity index (χ1) is 7.33. The summed E-state index contributed by atoms with van der Waals surface area (Å²) in [5.41, 5.74) is 0. The largest absolute Gasteiger partial charge is 0.297 e. The van der Waals surface area contributed by atoms with E-state index in [1.54, 1.807) is 0 Å². The van der Waals surface area contributed by atoms with Crippen LogP contribution < -0.4 is 0 Å². The Balaban J connectivity index is 1.52. The van der Waals surface area contributed by atoms with E-state index in [4.69, 9.17) is 0 Å². The molecule has 0 aromatic heterocycles. The third kappa shape index (κ3) is 2.12. The number of rotatable bonds is 3. The molecule has 2 saturated heterocycles. The predicted octanol–water partition coefficient (Wildman–Crippen LogP) is 3.57. The highest BCUT2D eigenvalue weighted by Crippen LogP contribution is 2.39. The molecule has 0 radical (unpaired) electrons. The summed E-state index contributed by atoms with van der Waals surface area (Å²) in [7, 11) is 0. The summed E-state index contributed by atoms with van der Waals surface area (Å²) in [6.07, 6.45) is 11.8.